The topological polar surface area (TPSA) is 53.7 Å². The fraction of sp³-hybridized carbons (Fsp3) is 0.600. The molecule has 1 fully saturated rings. The first-order valence-electron chi connectivity index (χ1n) is 7.34. The highest BCUT2D eigenvalue weighted by molar-refractivity contribution is 5.70. The lowest BCUT2D eigenvalue weighted by Crippen LogP contribution is -2.62. The fourth-order valence-electron chi connectivity index (χ4n) is 2.89. The molecule has 0 unspecified atom stereocenters. The summed E-state index contributed by atoms with van der Waals surface area (Å²) in [4.78, 5) is 6.62. The molecule has 108 valence electrons. The number of aromatic nitrogens is 3. The van der Waals surface area contributed by atoms with Crippen LogP contribution in [0.25, 0.3) is 5.52 Å². The third-order valence-electron chi connectivity index (χ3n) is 3.97. The van der Waals surface area contributed by atoms with Crippen LogP contribution < -0.4 is 4.90 Å². The van der Waals surface area contributed by atoms with Gasteiger partial charge in [0.05, 0.1) is 24.4 Å². The van der Waals surface area contributed by atoms with Crippen molar-refractivity contribution in [1.82, 2.24) is 14.6 Å². The largest absolute Gasteiger partial charge is 0.386 e. The molecule has 0 aliphatic carbocycles. The number of hydrogen-bond donors (Lipinski definition) is 1. The SMILES string of the molecule is CCCC1(O)CN(c2nccn3nc(C(C)C)cc23)C1. The summed E-state index contributed by atoms with van der Waals surface area (Å²) in [7, 11) is 0. The zero-order valence-electron chi connectivity index (χ0n) is 12.4. The number of β-amino-alcohol motifs (C(OH)–C–C–N with tert-alkyl or cyclic N) is 1. The molecule has 0 amide bonds. The summed E-state index contributed by atoms with van der Waals surface area (Å²) in [5.74, 6) is 1.32. The Morgan fingerprint density at radius 3 is 2.80 bits per heavy atom. The molecule has 3 rings (SSSR count). The van der Waals surface area contributed by atoms with Crippen molar-refractivity contribution in [2.45, 2.75) is 45.1 Å². The lowest BCUT2D eigenvalue weighted by molar-refractivity contribution is 0.00308. The number of anilines is 1. The first kappa shape index (κ1) is 13.4. The van der Waals surface area contributed by atoms with Gasteiger partial charge in [-0.1, -0.05) is 27.2 Å². The molecule has 0 bridgehead atoms. The van der Waals surface area contributed by atoms with Gasteiger partial charge in [0, 0.05) is 12.4 Å². The lowest BCUT2D eigenvalue weighted by Gasteiger charge is -2.47. The van der Waals surface area contributed by atoms with Gasteiger partial charge in [-0.05, 0) is 18.4 Å². The lowest BCUT2D eigenvalue weighted by atomic mass is 9.89. The van der Waals surface area contributed by atoms with Gasteiger partial charge >= 0.3 is 0 Å². The van der Waals surface area contributed by atoms with Crippen molar-refractivity contribution in [2.24, 2.45) is 0 Å². The first-order chi connectivity index (χ1) is 9.52. The number of hydrogen-bond acceptors (Lipinski definition) is 4. The van der Waals surface area contributed by atoms with E-state index in [0.29, 0.717) is 19.0 Å². The van der Waals surface area contributed by atoms with Crippen LogP contribution in [-0.4, -0.2) is 38.4 Å². The molecule has 0 saturated carbocycles. The van der Waals surface area contributed by atoms with Crippen LogP contribution in [0.1, 0.15) is 45.2 Å². The monoisotopic (exact) mass is 274 g/mol. The van der Waals surface area contributed by atoms with E-state index < -0.39 is 5.60 Å². The van der Waals surface area contributed by atoms with Crippen LogP contribution in [0, 0.1) is 0 Å². The van der Waals surface area contributed by atoms with Gasteiger partial charge in [-0.3, -0.25) is 0 Å². The first-order valence-corrected chi connectivity index (χ1v) is 7.34. The van der Waals surface area contributed by atoms with E-state index in [4.69, 9.17) is 0 Å². The minimum Gasteiger partial charge on any atom is -0.386 e. The predicted octanol–water partition coefficient (Wildman–Crippen LogP) is 2.20. The average molecular weight is 274 g/mol. The molecular formula is C15H22N4O. The third-order valence-corrected chi connectivity index (χ3v) is 3.97. The Bertz CT molecular complexity index is 613. The molecule has 5 heteroatoms. The summed E-state index contributed by atoms with van der Waals surface area (Å²) in [6.07, 6.45) is 5.51. The van der Waals surface area contributed by atoms with E-state index in [1.165, 1.54) is 0 Å². The van der Waals surface area contributed by atoms with Gasteiger partial charge in [0.2, 0.25) is 0 Å². The summed E-state index contributed by atoms with van der Waals surface area (Å²) in [5.41, 5.74) is 1.56. The van der Waals surface area contributed by atoms with Crippen LogP contribution in [0.5, 0.6) is 0 Å². The van der Waals surface area contributed by atoms with Crippen LogP contribution in [0.2, 0.25) is 0 Å². The van der Waals surface area contributed by atoms with Gasteiger partial charge in [-0.15, -0.1) is 0 Å². The molecule has 0 aromatic carbocycles. The quantitative estimate of drug-likeness (QED) is 0.928. The van der Waals surface area contributed by atoms with Crippen molar-refractivity contribution in [2.75, 3.05) is 18.0 Å². The van der Waals surface area contributed by atoms with Crippen molar-refractivity contribution in [3.63, 3.8) is 0 Å². The number of aliphatic hydroxyl groups is 1. The minimum absolute atomic E-state index is 0.399. The molecule has 1 saturated heterocycles. The summed E-state index contributed by atoms with van der Waals surface area (Å²) >= 11 is 0. The van der Waals surface area contributed by atoms with Crippen molar-refractivity contribution >= 4 is 11.3 Å². The number of fused-ring (bicyclic) bond motifs is 1. The molecule has 1 aliphatic heterocycles. The number of rotatable bonds is 4. The summed E-state index contributed by atoms with van der Waals surface area (Å²) in [6, 6.07) is 2.10. The van der Waals surface area contributed by atoms with Crippen LogP contribution >= 0.6 is 0 Å². The summed E-state index contributed by atoms with van der Waals surface area (Å²) < 4.78 is 1.88. The molecular weight excluding hydrogens is 252 g/mol. The van der Waals surface area contributed by atoms with Crippen molar-refractivity contribution in [1.29, 1.82) is 0 Å². The smallest absolute Gasteiger partial charge is 0.154 e. The van der Waals surface area contributed by atoms with Gasteiger partial charge in [0.1, 0.15) is 5.52 Å². The molecule has 5 nitrogen and oxygen atoms in total. The molecule has 0 atom stereocenters. The minimum atomic E-state index is -0.538. The van der Waals surface area contributed by atoms with E-state index in [2.05, 4.69) is 41.8 Å². The zero-order valence-corrected chi connectivity index (χ0v) is 12.4. The fourth-order valence-corrected chi connectivity index (χ4v) is 2.89. The second-order valence-electron chi connectivity index (χ2n) is 6.13. The molecule has 1 N–H and O–H groups in total. The zero-order chi connectivity index (χ0) is 14.3. The normalized spacial score (nSPS) is 17.8. The van der Waals surface area contributed by atoms with Crippen molar-refractivity contribution in [3.8, 4) is 0 Å². The van der Waals surface area contributed by atoms with E-state index in [9.17, 15) is 5.11 Å². The average Bonchev–Trinajstić information content (AvgIpc) is 2.80. The van der Waals surface area contributed by atoms with E-state index in [1.54, 1.807) is 6.20 Å². The van der Waals surface area contributed by atoms with Gasteiger partial charge in [0.15, 0.2) is 5.82 Å². The Kier molecular flexibility index (Phi) is 3.17. The maximum atomic E-state index is 10.3. The Morgan fingerprint density at radius 1 is 1.40 bits per heavy atom. The Labute approximate surface area is 119 Å². The summed E-state index contributed by atoms with van der Waals surface area (Å²) in [6.45, 7) is 7.70. The standard InChI is InChI=1S/C15H22N4O/c1-4-5-15(20)9-18(10-15)14-13-8-12(11(2)3)17-19(13)7-6-16-14/h6-8,11,20H,4-5,9-10H2,1-3H3. The van der Waals surface area contributed by atoms with Gasteiger partial charge in [-0.2, -0.15) is 5.10 Å². The number of nitrogens with zero attached hydrogens (tertiary/aromatic N) is 4. The Morgan fingerprint density at radius 2 is 2.15 bits per heavy atom. The highest BCUT2D eigenvalue weighted by atomic mass is 16.3. The van der Waals surface area contributed by atoms with E-state index >= 15 is 0 Å². The highest BCUT2D eigenvalue weighted by Gasteiger charge is 2.41. The second kappa shape index (κ2) is 4.74. The van der Waals surface area contributed by atoms with E-state index in [1.807, 2.05) is 10.7 Å². The molecule has 2 aromatic heterocycles. The second-order valence-corrected chi connectivity index (χ2v) is 6.13. The van der Waals surface area contributed by atoms with Gasteiger partial charge in [-0.25, -0.2) is 9.50 Å². The Balaban J connectivity index is 1.89. The van der Waals surface area contributed by atoms with Crippen molar-refractivity contribution in [3.05, 3.63) is 24.2 Å². The van der Waals surface area contributed by atoms with Crippen LogP contribution in [-0.2, 0) is 0 Å². The van der Waals surface area contributed by atoms with Crippen LogP contribution in [0.3, 0.4) is 0 Å². The third kappa shape index (κ3) is 2.16. The highest BCUT2D eigenvalue weighted by Crippen LogP contribution is 2.32. The van der Waals surface area contributed by atoms with E-state index in [-0.39, 0.29) is 0 Å². The van der Waals surface area contributed by atoms with E-state index in [0.717, 1.165) is 29.9 Å². The van der Waals surface area contributed by atoms with Crippen molar-refractivity contribution < 1.29 is 5.11 Å². The molecule has 2 aromatic rings. The van der Waals surface area contributed by atoms with Crippen LogP contribution in [0.15, 0.2) is 18.5 Å². The molecule has 3 heterocycles. The molecule has 1 aliphatic rings. The molecule has 0 spiro atoms. The maximum absolute atomic E-state index is 10.3. The van der Waals surface area contributed by atoms with Gasteiger partial charge < -0.3 is 10.0 Å². The predicted molar refractivity (Wildman–Crippen MR) is 79.1 cm³/mol. The van der Waals surface area contributed by atoms with Gasteiger partial charge in [0.25, 0.3) is 0 Å². The maximum Gasteiger partial charge on any atom is 0.154 e. The van der Waals surface area contributed by atoms with Crippen LogP contribution in [0.4, 0.5) is 5.82 Å². The Hall–Kier alpha value is -1.62. The summed E-state index contributed by atoms with van der Waals surface area (Å²) in [5, 5.41) is 14.9. The molecule has 20 heavy (non-hydrogen) atoms. The molecule has 0 radical (unpaired) electrons.